The number of nitrogens with zero attached hydrogens (tertiary/aromatic N) is 3. The summed E-state index contributed by atoms with van der Waals surface area (Å²) < 4.78 is 8.60. The van der Waals surface area contributed by atoms with Crippen LogP contribution in [0.25, 0.3) is 0 Å². The standard InChI is InChI=1S/C23H20BrN3O3/c24-17-8-9-18-20(13-17)30-15-22(29)27(18)14-21(28)26-12-11-25-10-4-7-19(25)23(26)16-5-2-1-3-6-16/h1-10,13,23H,11-12,14-15H2. The third-order valence-electron chi connectivity index (χ3n) is 5.63. The predicted molar refractivity (Wildman–Crippen MR) is 116 cm³/mol. The highest BCUT2D eigenvalue weighted by atomic mass is 79.9. The van der Waals surface area contributed by atoms with Crippen LogP contribution in [0.3, 0.4) is 0 Å². The first-order valence-electron chi connectivity index (χ1n) is 9.84. The van der Waals surface area contributed by atoms with Crippen molar-refractivity contribution in [2.24, 2.45) is 0 Å². The summed E-state index contributed by atoms with van der Waals surface area (Å²) in [6, 6.07) is 19.4. The summed E-state index contributed by atoms with van der Waals surface area (Å²) in [6.45, 7) is 1.24. The molecule has 0 spiro atoms. The van der Waals surface area contributed by atoms with Crippen LogP contribution in [0.15, 0.2) is 71.3 Å². The number of carbonyl (C=O) groups is 2. The van der Waals surface area contributed by atoms with E-state index in [0.29, 0.717) is 18.0 Å². The molecule has 0 saturated carbocycles. The molecule has 7 heteroatoms. The van der Waals surface area contributed by atoms with Gasteiger partial charge in [0.25, 0.3) is 5.91 Å². The van der Waals surface area contributed by atoms with Crippen molar-refractivity contribution in [2.45, 2.75) is 12.6 Å². The summed E-state index contributed by atoms with van der Waals surface area (Å²) in [5.74, 6) is 0.305. The van der Waals surface area contributed by atoms with Crippen molar-refractivity contribution in [3.63, 3.8) is 0 Å². The molecule has 2 amide bonds. The first kappa shape index (κ1) is 18.9. The Bertz CT molecular complexity index is 1110. The number of carbonyl (C=O) groups excluding carboxylic acids is 2. The highest BCUT2D eigenvalue weighted by molar-refractivity contribution is 9.10. The largest absolute Gasteiger partial charge is 0.482 e. The zero-order chi connectivity index (χ0) is 20.7. The van der Waals surface area contributed by atoms with E-state index >= 15 is 0 Å². The van der Waals surface area contributed by atoms with Gasteiger partial charge in [0.05, 0.1) is 11.7 Å². The Morgan fingerprint density at radius 3 is 2.73 bits per heavy atom. The van der Waals surface area contributed by atoms with Crippen LogP contribution in [0, 0.1) is 0 Å². The summed E-state index contributed by atoms with van der Waals surface area (Å²) >= 11 is 3.42. The minimum absolute atomic E-state index is 0.0130. The fourth-order valence-electron chi connectivity index (χ4n) is 4.22. The lowest BCUT2D eigenvalue weighted by Gasteiger charge is -2.39. The van der Waals surface area contributed by atoms with Crippen molar-refractivity contribution < 1.29 is 14.3 Å². The fraction of sp³-hybridized carbons (Fsp3) is 0.217. The topological polar surface area (TPSA) is 54.8 Å². The van der Waals surface area contributed by atoms with Gasteiger partial charge < -0.3 is 14.2 Å². The molecule has 6 nitrogen and oxygen atoms in total. The maximum atomic E-state index is 13.5. The van der Waals surface area contributed by atoms with E-state index in [9.17, 15) is 9.59 Å². The Labute approximate surface area is 182 Å². The molecule has 0 radical (unpaired) electrons. The van der Waals surface area contributed by atoms with Gasteiger partial charge in [-0.05, 0) is 35.9 Å². The Hall–Kier alpha value is -3.06. The van der Waals surface area contributed by atoms with Gasteiger partial charge in [0.15, 0.2) is 6.61 Å². The molecule has 1 aromatic heterocycles. The third kappa shape index (κ3) is 3.29. The minimum Gasteiger partial charge on any atom is -0.482 e. The molecule has 3 heterocycles. The molecule has 30 heavy (non-hydrogen) atoms. The van der Waals surface area contributed by atoms with Crippen LogP contribution in [-0.4, -0.2) is 41.0 Å². The SMILES string of the molecule is O=C1COc2cc(Br)ccc2N1CC(=O)N1CCn2cccc2C1c1ccccc1. The van der Waals surface area contributed by atoms with Crippen molar-refractivity contribution in [2.75, 3.05) is 24.6 Å². The molecule has 0 fully saturated rings. The van der Waals surface area contributed by atoms with Gasteiger partial charge in [0, 0.05) is 29.5 Å². The van der Waals surface area contributed by atoms with E-state index < -0.39 is 0 Å². The lowest BCUT2D eigenvalue weighted by molar-refractivity contribution is -0.134. The maximum absolute atomic E-state index is 13.5. The molecule has 0 bridgehead atoms. The summed E-state index contributed by atoms with van der Waals surface area (Å²) in [4.78, 5) is 29.5. The van der Waals surface area contributed by atoms with Crippen LogP contribution >= 0.6 is 15.9 Å². The predicted octanol–water partition coefficient (Wildman–Crippen LogP) is 3.61. The monoisotopic (exact) mass is 465 g/mol. The Kier molecular flexibility index (Phi) is 4.83. The second-order valence-electron chi connectivity index (χ2n) is 7.41. The molecule has 5 rings (SSSR count). The number of halogens is 1. The first-order valence-corrected chi connectivity index (χ1v) is 10.6. The number of anilines is 1. The number of hydrogen-bond donors (Lipinski definition) is 0. The van der Waals surface area contributed by atoms with Crippen LogP contribution in [0.5, 0.6) is 5.75 Å². The van der Waals surface area contributed by atoms with E-state index in [0.717, 1.165) is 22.3 Å². The zero-order valence-corrected chi connectivity index (χ0v) is 17.8. The van der Waals surface area contributed by atoms with Crippen LogP contribution in [-0.2, 0) is 16.1 Å². The molecule has 2 aliphatic rings. The number of ether oxygens (including phenoxy) is 1. The Morgan fingerprint density at radius 1 is 1.07 bits per heavy atom. The van der Waals surface area contributed by atoms with Crippen LogP contribution < -0.4 is 9.64 Å². The second-order valence-corrected chi connectivity index (χ2v) is 8.32. The van der Waals surface area contributed by atoms with Gasteiger partial charge in [-0.2, -0.15) is 0 Å². The summed E-state index contributed by atoms with van der Waals surface area (Å²) in [7, 11) is 0. The number of amides is 2. The summed E-state index contributed by atoms with van der Waals surface area (Å²) in [5.41, 5.74) is 2.76. The third-order valence-corrected chi connectivity index (χ3v) is 6.13. The molecule has 0 aliphatic carbocycles. The van der Waals surface area contributed by atoms with E-state index in [1.54, 1.807) is 6.07 Å². The molecule has 0 N–H and O–H groups in total. The number of benzene rings is 2. The maximum Gasteiger partial charge on any atom is 0.265 e. The molecule has 1 atom stereocenters. The molecule has 2 aromatic carbocycles. The van der Waals surface area contributed by atoms with E-state index in [1.165, 1.54) is 4.90 Å². The lowest BCUT2D eigenvalue weighted by atomic mass is 10.00. The molecular weight excluding hydrogens is 446 g/mol. The molecular formula is C23H20BrN3O3. The van der Waals surface area contributed by atoms with Gasteiger partial charge in [-0.15, -0.1) is 0 Å². The van der Waals surface area contributed by atoms with Gasteiger partial charge in [-0.1, -0.05) is 46.3 Å². The molecule has 1 unspecified atom stereocenters. The summed E-state index contributed by atoms with van der Waals surface area (Å²) in [6.07, 6.45) is 2.05. The average Bonchev–Trinajstić information content (AvgIpc) is 3.24. The molecule has 0 saturated heterocycles. The highest BCUT2D eigenvalue weighted by Crippen LogP contribution is 2.36. The highest BCUT2D eigenvalue weighted by Gasteiger charge is 2.35. The van der Waals surface area contributed by atoms with E-state index in [2.05, 4.69) is 26.6 Å². The van der Waals surface area contributed by atoms with Gasteiger partial charge in [0.2, 0.25) is 5.91 Å². The smallest absolute Gasteiger partial charge is 0.265 e. The molecule has 152 valence electrons. The van der Waals surface area contributed by atoms with Crippen molar-refractivity contribution in [3.05, 3.63) is 82.6 Å². The second kappa shape index (κ2) is 7.65. The normalized spacial score (nSPS) is 17.9. The zero-order valence-electron chi connectivity index (χ0n) is 16.2. The summed E-state index contributed by atoms with van der Waals surface area (Å²) in [5, 5.41) is 0. The van der Waals surface area contributed by atoms with Crippen LogP contribution in [0.4, 0.5) is 5.69 Å². The lowest BCUT2D eigenvalue weighted by Crippen LogP contribution is -2.49. The molecule has 2 aliphatic heterocycles. The van der Waals surface area contributed by atoms with Crippen molar-refractivity contribution in [3.8, 4) is 5.75 Å². The first-order chi connectivity index (χ1) is 14.6. The number of hydrogen-bond acceptors (Lipinski definition) is 3. The quantitative estimate of drug-likeness (QED) is 0.593. The van der Waals surface area contributed by atoms with Crippen molar-refractivity contribution in [1.82, 2.24) is 9.47 Å². The average molecular weight is 466 g/mol. The number of rotatable bonds is 3. The van der Waals surface area contributed by atoms with Gasteiger partial charge in [-0.3, -0.25) is 14.5 Å². The Balaban J connectivity index is 1.47. The van der Waals surface area contributed by atoms with Gasteiger partial charge in [0.1, 0.15) is 12.3 Å². The van der Waals surface area contributed by atoms with Gasteiger partial charge in [-0.25, -0.2) is 0 Å². The number of aromatic nitrogens is 1. The van der Waals surface area contributed by atoms with E-state index in [4.69, 9.17) is 4.74 Å². The fourth-order valence-corrected chi connectivity index (χ4v) is 4.56. The Morgan fingerprint density at radius 2 is 1.90 bits per heavy atom. The van der Waals surface area contributed by atoms with Crippen LogP contribution in [0.1, 0.15) is 17.3 Å². The van der Waals surface area contributed by atoms with E-state index in [-0.39, 0.29) is 31.0 Å². The van der Waals surface area contributed by atoms with E-state index in [1.807, 2.05) is 59.6 Å². The minimum atomic E-state index is -0.213. The van der Waals surface area contributed by atoms with Crippen molar-refractivity contribution in [1.29, 1.82) is 0 Å². The molecule has 3 aromatic rings. The van der Waals surface area contributed by atoms with Gasteiger partial charge >= 0.3 is 0 Å². The number of fused-ring (bicyclic) bond motifs is 2. The van der Waals surface area contributed by atoms with Crippen LogP contribution in [0.2, 0.25) is 0 Å². The van der Waals surface area contributed by atoms with Crippen molar-refractivity contribution >= 4 is 33.4 Å².